The number of methoxy groups -OCH3 is 1. The summed E-state index contributed by atoms with van der Waals surface area (Å²) in [4.78, 5) is 27.6. The summed E-state index contributed by atoms with van der Waals surface area (Å²) >= 11 is 9.64. The van der Waals surface area contributed by atoms with Gasteiger partial charge >= 0.3 is 11.9 Å². The number of benzene rings is 2. The van der Waals surface area contributed by atoms with Gasteiger partial charge in [0.2, 0.25) is 0 Å². The fraction of sp³-hybridized carbons (Fsp3) is 0.227. The predicted octanol–water partition coefficient (Wildman–Crippen LogP) is 5.26. The van der Waals surface area contributed by atoms with Crippen molar-refractivity contribution in [1.82, 2.24) is 0 Å². The minimum atomic E-state index is -1.01. The number of carbonyl (C=O) groups is 2. The third kappa shape index (κ3) is 6.71. The Kier molecular flexibility index (Phi) is 8.62. The van der Waals surface area contributed by atoms with E-state index in [4.69, 9.17) is 21.1 Å². The summed E-state index contributed by atoms with van der Waals surface area (Å²) in [5, 5.41) is 9.37. The number of hydrogen-bond acceptors (Lipinski definition) is 5. The molecule has 2 rings (SSSR count). The van der Waals surface area contributed by atoms with Gasteiger partial charge in [-0.15, -0.1) is 0 Å². The van der Waals surface area contributed by atoms with E-state index in [2.05, 4.69) is 20.9 Å². The van der Waals surface area contributed by atoms with E-state index in [1.54, 1.807) is 26.0 Å². The maximum absolute atomic E-state index is 12.2. The Bertz CT molecular complexity index is 987. The van der Waals surface area contributed by atoms with Crippen molar-refractivity contribution >= 4 is 51.8 Å². The lowest BCUT2D eigenvalue weighted by Crippen LogP contribution is -2.24. The van der Waals surface area contributed by atoms with Gasteiger partial charge in [-0.05, 0) is 47.4 Å². The average Bonchev–Trinajstić information content (AvgIpc) is 2.67. The van der Waals surface area contributed by atoms with Gasteiger partial charge < -0.3 is 14.6 Å². The zero-order valence-corrected chi connectivity index (χ0v) is 19.0. The van der Waals surface area contributed by atoms with Crippen LogP contribution < -0.4 is 9.47 Å². The lowest BCUT2D eigenvalue weighted by molar-refractivity contribution is -0.139. The normalized spacial score (nSPS) is 12.5. The summed E-state index contributed by atoms with van der Waals surface area (Å²) in [6.45, 7) is 3.54. The quantitative estimate of drug-likeness (QED) is 0.234. The first-order valence-corrected chi connectivity index (χ1v) is 10.2. The van der Waals surface area contributed by atoms with Gasteiger partial charge in [-0.2, -0.15) is 0 Å². The summed E-state index contributed by atoms with van der Waals surface area (Å²) in [6.07, 6.45) is 4.31. The summed E-state index contributed by atoms with van der Waals surface area (Å²) in [5.41, 5.74) is 1.34. The fourth-order valence-electron chi connectivity index (χ4n) is 2.51. The number of rotatable bonds is 8. The number of ether oxygens (including phenoxy) is 2. The summed E-state index contributed by atoms with van der Waals surface area (Å²) in [6, 6.07) is 9.64. The second-order valence-corrected chi connectivity index (χ2v) is 7.97. The van der Waals surface area contributed by atoms with E-state index in [-0.39, 0.29) is 22.4 Å². The predicted molar refractivity (Wildman–Crippen MR) is 121 cm³/mol. The fourth-order valence-corrected chi connectivity index (χ4v) is 3.18. The van der Waals surface area contributed by atoms with Gasteiger partial charge in [0.15, 0.2) is 11.5 Å². The van der Waals surface area contributed by atoms with E-state index in [0.717, 1.165) is 10.0 Å². The molecule has 0 radical (unpaired) electrons. The van der Waals surface area contributed by atoms with E-state index >= 15 is 0 Å². The molecular weight excluding hydrogens is 474 g/mol. The lowest BCUT2D eigenvalue weighted by Gasteiger charge is -2.12. The molecule has 0 amide bonds. The first kappa shape index (κ1) is 23.6. The van der Waals surface area contributed by atoms with E-state index in [0.29, 0.717) is 5.56 Å². The molecule has 2 aromatic carbocycles. The van der Waals surface area contributed by atoms with Crippen molar-refractivity contribution in [3.63, 3.8) is 0 Å². The minimum Gasteiger partial charge on any atom is -0.493 e. The van der Waals surface area contributed by atoms with E-state index < -0.39 is 18.0 Å². The Balaban J connectivity index is 2.21. The molecule has 0 fully saturated rings. The van der Waals surface area contributed by atoms with Crippen molar-refractivity contribution < 1.29 is 24.2 Å². The van der Waals surface area contributed by atoms with Crippen molar-refractivity contribution in [3.8, 4) is 11.5 Å². The number of aliphatic carboxylic acids is 1. The van der Waals surface area contributed by atoms with Crippen LogP contribution in [0.25, 0.3) is 6.08 Å². The Morgan fingerprint density at radius 1 is 1.20 bits per heavy atom. The van der Waals surface area contributed by atoms with Gasteiger partial charge in [0.1, 0.15) is 6.04 Å². The van der Waals surface area contributed by atoms with Crippen molar-refractivity contribution in [1.29, 1.82) is 0 Å². The van der Waals surface area contributed by atoms with Crippen molar-refractivity contribution in [2.24, 2.45) is 10.9 Å². The second-order valence-electron chi connectivity index (χ2n) is 6.65. The standard InChI is InChI=1S/C22H21BrClNO5/c1-13(2)20(22(27)28)25-12-15-10-17(24)21(18(11-15)29-3)30-19(26)8-7-14-5-4-6-16(23)9-14/h4-13,20H,1-3H3,(H,27,28)/b8-7+,25-12+. The average molecular weight is 495 g/mol. The summed E-state index contributed by atoms with van der Waals surface area (Å²) < 4.78 is 11.5. The molecule has 0 spiro atoms. The Morgan fingerprint density at radius 2 is 1.93 bits per heavy atom. The molecule has 2 aromatic rings. The molecule has 0 aliphatic heterocycles. The van der Waals surface area contributed by atoms with E-state index in [1.165, 1.54) is 25.5 Å². The second kappa shape index (κ2) is 10.9. The number of carboxylic acid groups (broad SMARTS) is 1. The van der Waals surface area contributed by atoms with Crippen molar-refractivity contribution in [2.75, 3.05) is 7.11 Å². The number of hydrogen-bond donors (Lipinski definition) is 1. The van der Waals surface area contributed by atoms with Gasteiger partial charge in [-0.3, -0.25) is 4.99 Å². The van der Waals surface area contributed by atoms with Crippen LogP contribution >= 0.6 is 27.5 Å². The molecule has 0 bridgehead atoms. The Morgan fingerprint density at radius 3 is 2.53 bits per heavy atom. The maximum Gasteiger partial charge on any atom is 0.336 e. The van der Waals surface area contributed by atoms with Crippen LogP contribution in [0.4, 0.5) is 0 Å². The number of carbonyl (C=O) groups excluding carboxylic acids is 1. The number of carboxylic acids is 1. The largest absolute Gasteiger partial charge is 0.493 e. The molecule has 0 saturated heterocycles. The molecule has 0 aromatic heterocycles. The molecule has 6 nitrogen and oxygen atoms in total. The third-order valence-electron chi connectivity index (χ3n) is 3.98. The molecular formula is C22H21BrClNO5. The van der Waals surface area contributed by atoms with E-state index in [1.807, 2.05) is 24.3 Å². The minimum absolute atomic E-state index is 0.0684. The van der Waals surface area contributed by atoms with Crippen LogP contribution in [0.2, 0.25) is 5.02 Å². The SMILES string of the molecule is COc1cc(/C=N/C(C(=O)O)C(C)C)cc(Cl)c1OC(=O)/C=C/c1cccc(Br)c1. The molecule has 8 heteroatoms. The summed E-state index contributed by atoms with van der Waals surface area (Å²) in [5.74, 6) is -1.51. The number of esters is 1. The third-order valence-corrected chi connectivity index (χ3v) is 4.76. The van der Waals surface area contributed by atoms with Gasteiger partial charge in [-0.25, -0.2) is 9.59 Å². The number of halogens is 2. The van der Waals surface area contributed by atoms with Crippen molar-refractivity contribution in [3.05, 3.63) is 63.1 Å². The van der Waals surface area contributed by atoms with Crippen LogP contribution in [0.15, 0.2) is 51.9 Å². The summed E-state index contributed by atoms with van der Waals surface area (Å²) in [7, 11) is 1.41. The number of nitrogens with zero attached hydrogens (tertiary/aromatic N) is 1. The van der Waals surface area contributed by atoms with Gasteiger partial charge in [-0.1, -0.05) is 53.5 Å². The molecule has 0 heterocycles. The zero-order chi connectivity index (χ0) is 22.3. The molecule has 1 unspecified atom stereocenters. The topological polar surface area (TPSA) is 85.2 Å². The monoisotopic (exact) mass is 493 g/mol. The van der Waals surface area contributed by atoms with Gasteiger partial charge in [0.25, 0.3) is 0 Å². The smallest absolute Gasteiger partial charge is 0.336 e. The maximum atomic E-state index is 12.2. The van der Waals surface area contributed by atoms with Crippen LogP contribution in [-0.4, -0.2) is 36.4 Å². The molecule has 0 aliphatic carbocycles. The highest BCUT2D eigenvalue weighted by Gasteiger charge is 2.20. The lowest BCUT2D eigenvalue weighted by atomic mass is 10.1. The first-order chi connectivity index (χ1) is 14.2. The number of aliphatic imine (C=N–C) groups is 1. The highest BCUT2D eigenvalue weighted by atomic mass is 79.9. The van der Waals surface area contributed by atoms with E-state index in [9.17, 15) is 14.7 Å². The zero-order valence-electron chi connectivity index (χ0n) is 16.6. The van der Waals surface area contributed by atoms with Gasteiger partial charge in [0, 0.05) is 16.8 Å². The van der Waals surface area contributed by atoms with Crippen LogP contribution in [0.3, 0.4) is 0 Å². The molecule has 1 N–H and O–H groups in total. The molecule has 30 heavy (non-hydrogen) atoms. The molecule has 158 valence electrons. The molecule has 1 atom stereocenters. The molecule has 0 aliphatic rings. The van der Waals surface area contributed by atoms with Crippen LogP contribution in [0.1, 0.15) is 25.0 Å². The Labute approximate surface area is 188 Å². The molecule has 0 saturated carbocycles. The van der Waals surface area contributed by atoms with Gasteiger partial charge in [0.05, 0.1) is 12.1 Å². The van der Waals surface area contributed by atoms with Crippen molar-refractivity contribution in [2.45, 2.75) is 19.9 Å². The Hall–Kier alpha value is -2.64. The first-order valence-electron chi connectivity index (χ1n) is 9.00. The van der Waals surface area contributed by atoms with Crippen LogP contribution in [0.5, 0.6) is 11.5 Å². The van der Waals surface area contributed by atoms with Crippen LogP contribution in [0, 0.1) is 5.92 Å². The highest BCUT2D eigenvalue weighted by Crippen LogP contribution is 2.36. The van der Waals surface area contributed by atoms with Crippen LogP contribution in [-0.2, 0) is 9.59 Å². The highest BCUT2D eigenvalue weighted by molar-refractivity contribution is 9.10.